The highest BCUT2D eigenvalue weighted by Gasteiger charge is 2.17. The third-order valence-corrected chi connectivity index (χ3v) is 7.75. The lowest BCUT2D eigenvalue weighted by Crippen LogP contribution is -2.29. The van der Waals surface area contributed by atoms with Gasteiger partial charge < -0.3 is 5.09 Å². The maximum absolute atomic E-state index is 5.23. The van der Waals surface area contributed by atoms with E-state index in [0.29, 0.717) is 0 Å². The van der Waals surface area contributed by atoms with Crippen molar-refractivity contribution < 1.29 is 0 Å². The number of amidine groups is 1. The number of hydrogen-bond acceptors (Lipinski definition) is 1. The molecule has 0 aliphatic heterocycles. The van der Waals surface area contributed by atoms with Crippen LogP contribution in [0.2, 0.25) is 0 Å². The first kappa shape index (κ1) is 23.0. The van der Waals surface area contributed by atoms with Gasteiger partial charge in [-0.25, -0.2) is 4.99 Å². The molecule has 1 N–H and O–H groups in total. The third kappa shape index (κ3) is 5.97. The van der Waals surface area contributed by atoms with Crippen LogP contribution in [-0.2, 0) is 6.42 Å². The van der Waals surface area contributed by atoms with Gasteiger partial charge >= 0.3 is 0 Å². The van der Waals surface area contributed by atoms with Gasteiger partial charge in [-0.2, -0.15) is 0 Å². The molecule has 0 aliphatic carbocycles. The van der Waals surface area contributed by atoms with Crippen LogP contribution in [-0.4, -0.2) is 5.84 Å². The van der Waals surface area contributed by atoms with Gasteiger partial charge in [-0.1, -0.05) is 108 Å². The minimum atomic E-state index is -0.795. The van der Waals surface area contributed by atoms with Crippen molar-refractivity contribution in [2.45, 2.75) is 34.1 Å². The number of benzene rings is 4. The molecule has 33 heavy (non-hydrogen) atoms. The molecule has 166 valence electrons. The summed E-state index contributed by atoms with van der Waals surface area (Å²) in [5, 5.41) is 6.45. The van der Waals surface area contributed by atoms with E-state index in [4.69, 9.17) is 4.99 Å². The fraction of sp³-hybridized carbons (Fsp3) is 0.167. The van der Waals surface area contributed by atoms with E-state index in [1.807, 2.05) is 0 Å². The number of aliphatic imine (C=N–C) groups is 1. The van der Waals surface area contributed by atoms with Crippen molar-refractivity contribution in [2.24, 2.45) is 4.99 Å². The summed E-state index contributed by atoms with van der Waals surface area (Å²) in [6.07, 6.45) is 0.755. The predicted molar refractivity (Wildman–Crippen MR) is 145 cm³/mol. The first-order valence-corrected chi connectivity index (χ1v) is 12.7. The summed E-state index contributed by atoms with van der Waals surface area (Å²) < 4.78 is 0. The number of nitrogens with one attached hydrogen (secondary N) is 1. The monoisotopic (exact) mass is 450 g/mol. The molecule has 0 saturated heterocycles. The molecule has 2 nitrogen and oxygen atoms in total. The van der Waals surface area contributed by atoms with Gasteiger partial charge in [0.2, 0.25) is 0 Å². The van der Waals surface area contributed by atoms with E-state index < -0.39 is 8.07 Å². The van der Waals surface area contributed by atoms with E-state index in [-0.39, 0.29) is 0 Å². The Kier molecular flexibility index (Phi) is 7.37. The number of nitrogens with zero attached hydrogens (tertiary/aromatic N) is 1. The lowest BCUT2D eigenvalue weighted by Gasteiger charge is -2.23. The maximum Gasteiger partial charge on any atom is 0.110 e. The Morgan fingerprint density at radius 2 is 1.18 bits per heavy atom. The second kappa shape index (κ2) is 10.6. The van der Waals surface area contributed by atoms with E-state index in [9.17, 15) is 0 Å². The highest BCUT2D eigenvalue weighted by molar-refractivity contribution is 7.71. The summed E-state index contributed by atoms with van der Waals surface area (Å²) in [7, 11) is -0.795. The van der Waals surface area contributed by atoms with Gasteiger partial charge in [0.15, 0.2) is 0 Å². The molecule has 0 heterocycles. The second-order valence-corrected chi connectivity index (χ2v) is 10.5. The molecule has 0 bridgehead atoms. The van der Waals surface area contributed by atoms with Crippen LogP contribution in [0.15, 0.2) is 102 Å². The van der Waals surface area contributed by atoms with Gasteiger partial charge in [0.1, 0.15) is 5.84 Å². The van der Waals surface area contributed by atoms with E-state index in [0.717, 1.165) is 17.9 Å². The fourth-order valence-corrected chi connectivity index (χ4v) is 5.93. The summed E-state index contributed by atoms with van der Waals surface area (Å²) in [6, 6.07) is 34.6. The molecule has 4 rings (SSSR count). The van der Waals surface area contributed by atoms with Crippen LogP contribution in [0.3, 0.4) is 0 Å². The van der Waals surface area contributed by atoms with Crippen molar-refractivity contribution in [3.63, 3.8) is 0 Å². The molecule has 0 unspecified atom stereocenters. The van der Waals surface area contributed by atoms with Gasteiger partial charge in [-0.05, 0) is 44.4 Å². The zero-order valence-electron chi connectivity index (χ0n) is 19.8. The summed E-state index contributed by atoms with van der Waals surface area (Å²) in [4.78, 5) is 5.23. The maximum atomic E-state index is 5.23. The number of rotatable bonds is 6. The SMILES string of the molecule is Cc1ccc(CC(=Nc2c(C)cc(C)cc2C)NP(c2ccccc2)c2ccccc2)cc1. The van der Waals surface area contributed by atoms with Crippen molar-refractivity contribution in [3.8, 4) is 0 Å². The van der Waals surface area contributed by atoms with E-state index in [1.165, 1.54) is 38.4 Å². The first-order chi connectivity index (χ1) is 16.0. The van der Waals surface area contributed by atoms with Crippen LogP contribution in [0.1, 0.15) is 27.8 Å². The second-order valence-electron chi connectivity index (χ2n) is 8.59. The van der Waals surface area contributed by atoms with E-state index in [1.54, 1.807) is 0 Å². The quantitative estimate of drug-likeness (QED) is 0.194. The Bertz CT molecular complexity index is 1170. The van der Waals surface area contributed by atoms with Crippen LogP contribution in [0, 0.1) is 27.7 Å². The molecule has 0 spiro atoms. The zero-order valence-corrected chi connectivity index (χ0v) is 20.7. The summed E-state index contributed by atoms with van der Waals surface area (Å²) in [5.41, 5.74) is 7.27. The number of hydrogen-bond donors (Lipinski definition) is 1. The van der Waals surface area contributed by atoms with Gasteiger partial charge in [0, 0.05) is 17.0 Å². The molecule has 0 aromatic heterocycles. The normalized spacial score (nSPS) is 11.6. The van der Waals surface area contributed by atoms with Crippen molar-refractivity contribution in [1.82, 2.24) is 5.09 Å². The summed E-state index contributed by atoms with van der Waals surface area (Å²) in [6.45, 7) is 8.57. The molecular weight excluding hydrogens is 419 g/mol. The van der Waals surface area contributed by atoms with Crippen molar-refractivity contribution in [3.05, 3.63) is 125 Å². The Labute approximate surface area is 199 Å². The average Bonchev–Trinajstić information content (AvgIpc) is 2.82. The van der Waals surface area contributed by atoms with Crippen LogP contribution in [0.5, 0.6) is 0 Å². The fourth-order valence-electron chi connectivity index (χ4n) is 4.05. The Hall–Kier alpha value is -3.22. The van der Waals surface area contributed by atoms with Gasteiger partial charge in [0.05, 0.1) is 13.8 Å². The summed E-state index contributed by atoms with van der Waals surface area (Å²) in [5.74, 6) is 0.993. The molecule has 0 atom stereocenters. The van der Waals surface area contributed by atoms with Crippen molar-refractivity contribution in [2.75, 3.05) is 0 Å². The number of aryl methyl sites for hydroxylation is 4. The molecule has 0 radical (unpaired) electrons. The molecule has 0 aliphatic rings. The smallest absolute Gasteiger partial charge is 0.110 e. The van der Waals surface area contributed by atoms with E-state index >= 15 is 0 Å². The Morgan fingerprint density at radius 1 is 0.667 bits per heavy atom. The Morgan fingerprint density at radius 3 is 1.70 bits per heavy atom. The molecule has 4 aromatic rings. The minimum absolute atomic E-state index is 0.755. The average molecular weight is 451 g/mol. The standard InChI is InChI=1S/C30H31N2P/c1-22-15-17-26(18-16-22)21-29(31-30-24(3)19-23(2)20-25(30)4)32-33(27-11-7-5-8-12-27)28-13-9-6-10-14-28/h5-20H,21H2,1-4H3,(H,31,32). The summed E-state index contributed by atoms with van der Waals surface area (Å²) >= 11 is 0. The van der Waals surface area contributed by atoms with Crippen LogP contribution >= 0.6 is 8.07 Å². The largest absolute Gasteiger partial charge is 0.345 e. The Balaban J connectivity index is 1.78. The van der Waals surface area contributed by atoms with Gasteiger partial charge in [0.25, 0.3) is 0 Å². The molecule has 0 fully saturated rings. The molecule has 0 saturated carbocycles. The molecule has 0 amide bonds. The van der Waals surface area contributed by atoms with Crippen molar-refractivity contribution >= 4 is 30.2 Å². The molecule has 3 heteroatoms. The van der Waals surface area contributed by atoms with Gasteiger partial charge in [-0.15, -0.1) is 0 Å². The van der Waals surface area contributed by atoms with Crippen LogP contribution in [0.25, 0.3) is 0 Å². The highest BCUT2D eigenvalue weighted by Crippen LogP contribution is 2.31. The van der Waals surface area contributed by atoms with Gasteiger partial charge in [-0.3, -0.25) is 0 Å². The third-order valence-electron chi connectivity index (χ3n) is 5.64. The predicted octanol–water partition coefficient (Wildman–Crippen LogP) is 6.83. The molecule has 4 aromatic carbocycles. The van der Waals surface area contributed by atoms with Crippen LogP contribution < -0.4 is 15.7 Å². The first-order valence-electron chi connectivity index (χ1n) is 11.4. The topological polar surface area (TPSA) is 24.4 Å². The lowest BCUT2D eigenvalue weighted by molar-refractivity contribution is 1.20. The highest BCUT2D eigenvalue weighted by atomic mass is 31.1. The van der Waals surface area contributed by atoms with Crippen LogP contribution in [0.4, 0.5) is 5.69 Å². The minimum Gasteiger partial charge on any atom is -0.345 e. The lowest BCUT2D eigenvalue weighted by atomic mass is 10.1. The van der Waals surface area contributed by atoms with E-state index in [2.05, 4.69) is 130 Å². The van der Waals surface area contributed by atoms with Crippen molar-refractivity contribution in [1.29, 1.82) is 0 Å². The zero-order chi connectivity index (χ0) is 23.2. The molecular formula is C30H31N2P.